The van der Waals surface area contributed by atoms with Crippen LogP contribution in [0, 0.1) is 0 Å². The molecule has 0 bridgehead atoms. The van der Waals surface area contributed by atoms with Gasteiger partial charge in [-0.3, -0.25) is 0 Å². The summed E-state index contributed by atoms with van der Waals surface area (Å²) in [6.45, 7) is 3.53. The van der Waals surface area contributed by atoms with E-state index in [1.54, 1.807) is 6.82 Å². The Balaban J connectivity index is 2.93. The first-order chi connectivity index (χ1) is 3.63. The Labute approximate surface area is 51.2 Å². The van der Waals surface area contributed by atoms with Gasteiger partial charge in [0.1, 0.15) is 0 Å². The Hall–Kier alpha value is -0.0151. The molecule has 1 atom stereocenters. The summed E-state index contributed by atoms with van der Waals surface area (Å²) in [4.78, 5) is 0. The average Bonchev–Trinajstić information content (AvgIpc) is 1.61. The van der Waals surface area contributed by atoms with Crippen molar-refractivity contribution in [2.45, 2.75) is 32.5 Å². The smallest absolute Gasteiger partial charge is 0.285 e. The number of hydrogen-bond acceptors (Lipinski definition) is 2. The summed E-state index contributed by atoms with van der Waals surface area (Å²) >= 11 is 0. The molecule has 0 aliphatic heterocycles. The van der Waals surface area contributed by atoms with Crippen molar-refractivity contribution >= 4 is 6.92 Å². The molecule has 0 aromatic rings. The molecule has 1 unspecified atom stereocenters. The van der Waals surface area contributed by atoms with Crippen LogP contribution in [0.15, 0.2) is 0 Å². The van der Waals surface area contributed by atoms with E-state index in [1.165, 1.54) is 0 Å². The van der Waals surface area contributed by atoms with Gasteiger partial charge in [0.15, 0.2) is 0 Å². The van der Waals surface area contributed by atoms with Crippen LogP contribution in [0.3, 0.4) is 0 Å². The minimum absolute atomic E-state index is 0.194. The fourth-order valence-electron chi connectivity index (χ4n) is 0.504. The summed E-state index contributed by atoms with van der Waals surface area (Å²) < 4.78 is 0. The zero-order chi connectivity index (χ0) is 6.57. The van der Waals surface area contributed by atoms with Gasteiger partial charge in [0, 0.05) is 6.04 Å². The van der Waals surface area contributed by atoms with E-state index in [0.29, 0.717) is 0 Å². The van der Waals surface area contributed by atoms with Gasteiger partial charge >= 0.3 is 0 Å². The summed E-state index contributed by atoms with van der Waals surface area (Å²) in [6.07, 6.45) is 1.73. The molecule has 3 heteroatoms. The lowest BCUT2D eigenvalue weighted by Gasteiger charge is -2.02. The summed E-state index contributed by atoms with van der Waals surface area (Å²) in [5, 5.41) is 8.75. The lowest BCUT2D eigenvalue weighted by atomic mass is 9.67. The number of hydrogen-bond donors (Lipinski definition) is 2. The van der Waals surface area contributed by atoms with E-state index in [2.05, 4.69) is 0 Å². The van der Waals surface area contributed by atoms with E-state index >= 15 is 0 Å². The Morgan fingerprint density at radius 1 is 1.75 bits per heavy atom. The Bertz CT molecular complexity index is 48.4. The summed E-state index contributed by atoms with van der Waals surface area (Å²) in [6, 6.07) is 0.226. The molecule has 0 aliphatic rings. The minimum Gasteiger partial charge on any atom is -0.451 e. The van der Waals surface area contributed by atoms with Gasteiger partial charge in [-0.25, -0.2) is 0 Å². The number of nitrogens with two attached hydrogens (primary N) is 1. The Morgan fingerprint density at radius 3 is 2.38 bits per heavy atom. The van der Waals surface area contributed by atoms with Gasteiger partial charge < -0.3 is 10.8 Å². The van der Waals surface area contributed by atoms with E-state index in [0.717, 1.165) is 12.7 Å². The Kier molecular flexibility index (Phi) is 3.92. The van der Waals surface area contributed by atoms with Crippen LogP contribution in [0.25, 0.3) is 0 Å². The molecule has 0 aromatic carbocycles. The molecule has 0 radical (unpaired) electrons. The van der Waals surface area contributed by atoms with E-state index < -0.39 is 0 Å². The van der Waals surface area contributed by atoms with Gasteiger partial charge in [-0.1, -0.05) is 13.7 Å². The molecule has 48 valence electrons. The van der Waals surface area contributed by atoms with Crippen molar-refractivity contribution in [2.24, 2.45) is 5.73 Å². The monoisotopic (exact) mass is 115 g/mol. The second-order valence-corrected chi connectivity index (χ2v) is 2.40. The van der Waals surface area contributed by atoms with Gasteiger partial charge in [-0.15, -0.1) is 0 Å². The maximum atomic E-state index is 8.75. The van der Waals surface area contributed by atoms with Crippen LogP contribution in [-0.4, -0.2) is 18.0 Å². The van der Waals surface area contributed by atoms with Crippen molar-refractivity contribution in [1.82, 2.24) is 0 Å². The molecule has 8 heavy (non-hydrogen) atoms. The number of rotatable bonds is 3. The highest BCUT2D eigenvalue weighted by atomic mass is 16.2. The molecule has 0 saturated heterocycles. The normalized spacial score (nSPS) is 13.5. The van der Waals surface area contributed by atoms with Crippen molar-refractivity contribution < 1.29 is 5.02 Å². The van der Waals surface area contributed by atoms with Gasteiger partial charge in [-0.05, 0) is 12.7 Å². The van der Waals surface area contributed by atoms with E-state index in [4.69, 9.17) is 10.8 Å². The van der Waals surface area contributed by atoms with E-state index in [1.807, 2.05) is 6.92 Å². The predicted molar refractivity (Wildman–Crippen MR) is 36.9 cm³/mol. The SMILES string of the molecule is CB(O)CCC(C)N. The third-order valence-corrected chi connectivity index (χ3v) is 1.04. The zero-order valence-corrected chi connectivity index (χ0v) is 5.59. The molecule has 0 aliphatic carbocycles. The molecule has 3 N–H and O–H groups in total. The third-order valence-electron chi connectivity index (χ3n) is 1.04. The maximum Gasteiger partial charge on any atom is 0.285 e. The zero-order valence-electron chi connectivity index (χ0n) is 5.59. The molecule has 0 aromatic heterocycles. The van der Waals surface area contributed by atoms with Gasteiger partial charge in [0.25, 0.3) is 6.92 Å². The second kappa shape index (κ2) is 3.92. The van der Waals surface area contributed by atoms with Gasteiger partial charge in [0.2, 0.25) is 0 Å². The largest absolute Gasteiger partial charge is 0.451 e. The third kappa shape index (κ3) is 5.98. The van der Waals surface area contributed by atoms with Crippen LogP contribution in [-0.2, 0) is 0 Å². The molecule has 0 rings (SSSR count). The fraction of sp³-hybridized carbons (Fsp3) is 1.00. The highest BCUT2D eigenvalue weighted by Crippen LogP contribution is 1.96. The predicted octanol–water partition coefficient (Wildman–Crippen LogP) is 0.337. The molecular formula is C5H14BNO. The first-order valence-corrected chi connectivity index (χ1v) is 3.06. The van der Waals surface area contributed by atoms with Crippen molar-refractivity contribution in [2.75, 3.05) is 0 Å². The highest BCUT2D eigenvalue weighted by Gasteiger charge is 2.02. The molecule has 0 saturated carbocycles. The fourth-order valence-corrected chi connectivity index (χ4v) is 0.504. The van der Waals surface area contributed by atoms with E-state index in [9.17, 15) is 0 Å². The van der Waals surface area contributed by atoms with Crippen molar-refractivity contribution in [3.8, 4) is 0 Å². The standard InChI is InChI=1S/C5H14BNO/c1-5(7)3-4-6(2)8/h5,8H,3-4,7H2,1-2H3. The first kappa shape index (κ1) is 7.98. The van der Waals surface area contributed by atoms with E-state index in [-0.39, 0.29) is 13.0 Å². The van der Waals surface area contributed by atoms with Crippen LogP contribution in [0.2, 0.25) is 13.1 Å². The lowest BCUT2D eigenvalue weighted by Crippen LogP contribution is -2.17. The average molecular weight is 115 g/mol. The van der Waals surface area contributed by atoms with Crippen LogP contribution in [0.1, 0.15) is 13.3 Å². The summed E-state index contributed by atoms with van der Waals surface area (Å²) in [5.74, 6) is 0. The van der Waals surface area contributed by atoms with Crippen LogP contribution in [0.5, 0.6) is 0 Å². The second-order valence-electron chi connectivity index (χ2n) is 2.40. The molecule has 0 fully saturated rings. The molecule has 0 heterocycles. The van der Waals surface area contributed by atoms with Gasteiger partial charge in [-0.2, -0.15) is 0 Å². The van der Waals surface area contributed by atoms with Crippen molar-refractivity contribution in [3.63, 3.8) is 0 Å². The van der Waals surface area contributed by atoms with Gasteiger partial charge in [0.05, 0.1) is 0 Å². The molecular weight excluding hydrogens is 101 g/mol. The Morgan fingerprint density at radius 2 is 2.25 bits per heavy atom. The first-order valence-electron chi connectivity index (χ1n) is 3.06. The van der Waals surface area contributed by atoms with Crippen LogP contribution in [0.4, 0.5) is 0 Å². The minimum atomic E-state index is -0.194. The quantitative estimate of drug-likeness (QED) is 0.521. The van der Waals surface area contributed by atoms with Crippen LogP contribution >= 0.6 is 0 Å². The van der Waals surface area contributed by atoms with Crippen molar-refractivity contribution in [3.05, 3.63) is 0 Å². The topological polar surface area (TPSA) is 46.2 Å². The summed E-state index contributed by atoms with van der Waals surface area (Å²) in [5.41, 5.74) is 5.43. The van der Waals surface area contributed by atoms with Crippen LogP contribution < -0.4 is 5.73 Å². The molecule has 0 amide bonds. The summed E-state index contributed by atoms with van der Waals surface area (Å²) in [7, 11) is 0. The molecule has 0 spiro atoms. The maximum absolute atomic E-state index is 8.75. The highest BCUT2D eigenvalue weighted by molar-refractivity contribution is 6.48. The molecule has 2 nitrogen and oxygen atoms in total. The van der Waals surface area contributed by atoms with Crippen molar-refractivity contribution in [1.29, 1.82) is 0 Å². The lowest BCUT2D eigenvalue weighted by molar-refractivity contribution is 0.563.